The number of benzene rings is 11. The largest absolute Gasteiger partial charge is 0.314 e. The van der Waals surface area contributed by atoms with Crippen molar-refractivity contribution in [1.82, 2.24) is 4.57 Å². The number of hydrogen-bond donors (Lipinski definition) is 0. The van der Waals surface area contributed by atoms with Crippen LogP contribution in [0.1, 0.15) is 31.4 Å². The number of hydrogen-bond acceptors (Lipinski definition) is 2. The fourth-order valence-corrected chi connectivity index (χ4v) is 12.7. The van der Waals surface area contributed by atoms with E-state index in [1.165, 1.54) is 110 Å². The lowest BCUT2D eigenvalue weighted by Gasteiger charge is -2.35. The van der Waals surface area contributed by atoms with Crippen molar-refractivity contribution in [2.75, 3.05) is 9.80 Å². The maximum absolute atomic E-state index is 2.53. The molecule has 3 nitrogen and oxygen atoms in total. The number of allylic oxidation sites excluding steroid dienone is 8. The smallest absolute Gasteiger partial charge is 0.0582 e. The Hall–Kier alpha value is -9.44. The number of fused-ring (bicyclic) bond motifs is 9. The maximum atomic E-state index is 2.53. The highest BCUT2D eigenvalue weighted by molar-refractivity contribution is 6.14. The van der Waals surface area contributed by atoms with Gasteiger partial charge in [-0.3, -0.25) is 0 Å². The van der Waals surface area contributed by atoms with Gasteiger partial charge in [0.1, 0.15) is 0 Å². The van der Waals surface area contributed by atoms with Gasteiger partial charge in [-0.25, -0.2) is 0 Å². The number of anilines is 5. The molecular formula is C73H53N3. The molecule has 3 aliphatic rings. The van der Waals surface area contributed by atoms with Crippen LogP contribution in [0.2, 0.25) is 0 Å². The Morgan fingerprint density at radius 2 is 0.921 bits per heavy atom. The van der Waals surface area contributed by atoms with Gasteiger partial charge in [-0.15, -0.1) is 0 Å². The molecule has 0 saturated heterocycles. The van der Waals surface area contributed by atoms with Crippen LogP contribution in [0.25, 0.3) is 82.1 Å². The molecule has 0 N–H and O–H groups in total. The number of aromatic nitrogens is 1. The van der Waals surface area contributed by atoms with Gasteiger partial charge in [0.05, 0.1) is 16.7 Å². The predicted octanol–water partition coefficient (Wildman–Crippen LogP) is 19.8. The van der Waals surface area contributed by atoms with Gasteiger partial charge in [-0.05, 0) is 175 Å². The van der Waals surface area contributed by atoms with Crippen molar-refractivity contribution in [3.8, 4) is 27.9 Å². The molecule has 0 fully saturated rings. The Labute approximate surface area is 443 Å². The molecule has 0 saturated carbocycles. The average Bonchev–Trinajstić information content (AvgIpc) is 4.03. The summed E-state index contributed by atoms with van der Waals surface area (Å²) in [5.41, 5.74) is 19.3. The molecule has 2 heterocycles. The fraction of sp³-hybridized carbons (Fsp3) is 0.0685. The summed E-state index contributed by atoms with van der Waals surface area (Å²) in [4.78, 5) is 4.85. The van der Waals surface area contributed by atoms with E-state index in [1.54, 1.807) is 0 Å². The van der Waals surface area contributed by atoms with Crippen molar-refractivity contribution in [3.05, 3.63) is 289 Å². The molecule has 0 bridgehead atoms. The van der Waals surface area contributed by atoms with Crippen LogP contribution in [0.5, 0.6) is 0 Å². The Morgan fingerprint density at radius 3 is 1.55 bits per heavy atom. The molecule has 1 unspecified atom stereocenters. The zero-order valence-corrected chi connectivity index (χ0v) is 42.5. The lowest BCUT2D eigenvalue weighted by atomic mass is 9.74. The van der Waals surface area contributed by atoms with Gasteiger partial charge in [-0.1, -0.05) is 184 Å². The Bertz CT molecular complexity index is 4390. The van der Waals surface area contributed by atoms with E-state index in [9.17, 15) is 0 Å². The first kappa shape index (κ1) is 44.1. The van der Waals surface area contributed by atoms with Crippen molar-refractivity contribution in [2.24, 2.45) is 5.92 Å². The zero-order valence-electron chi connectivity index (χ0n) is 42.5. The molecule has 0 radical (unpaired) electrons. The Balaban J connectivity index is 0.844. The molecule has 76 heavy (non-hydrogen) atoms. The minimum Gasteiger partial charge on any atom is -0.314 e. The van der Waals surface area contributed by atoms with Crippen molar-refractivity contribution < 1.29 is 0 Å². The number of rotatable bonds is 8. The van der Waals surface area contributed by atoms with Gasteiger partial charge >= 0.3 is 0 Å². The molecule has 15 rings (SSSR count). The molecule has 360 valence electrons. The van der Waals surface area contributed by atoms with E-state index in [-0.39, 0.29) is 5.41 Å². The topological polar surface area (TPSA) is 11.4 Å². The van der Waals surface area contributed by atoms with Crippen molar-refractivity contribution in [1.29, 1.82) is 0 Å². The van der Waals surface area contributed by atoms with Crippen LogP contribution < -0.4 is 9.80 Å². The van der Waals surface area contributed by atoms with E-state index in [4.69, 9.17) is 0 Å². The van der Waals surface area contributed by atoms with Gasteiger partial charge in [0.15, 0.2) is 0 Å². The number of nitrogens with zero attached hydrogens (tertiary/aromatic N) is 3. The van der Waals surface area contributed by atoms with Crippen LogP contribution in [-0.4, -0.2) is 4.57 Å². The minimum atomic E-state index is -0.233. The second kappa shape index (κ2) is 17.3. The molecule has 3 heteroatoms. The highest BCUT2D eigenvalue weighted by Gasteiger charge is 2.36. The molecule has 1 aliphatic heterocycles. The second-order valence-corrected chi connectivity index (χ2v) is 21.4. The summed E-state index contributed by atoms with van der Waals surface area (Å²) < 4.78 is 2.53. The summed E-state index contributed by atoms with van der Waals surface area (Å²) in [5.74, 6) is 0.363. The quantitative estimate of drug-likeness (QED) is 0.150. The predicted molar refractivity (Wildman–Crippen MR) is 322 cm³/mol. The molecule has 0 amide bonds. The van der Waals surface area contributed by atoms with Gasteiger partial charge in [-0.2, -0.15) is 0 Å². The van der Waals surface area contributed by atoms with Gasteiger partial charge in [0.2, 0.25) is 0 Å². The number of para-hydroxylation sites is 1. The van der Waals surface area contributed by atoms with E-state index < -0.39 is 0 Å². The molecule has 1 aromatic heterocycles. The first-order chi connectivity index (χ1) is 37.4. The monoisotopic (exact) mass is 971 g/mol. The van der Waals surface area contributed by atoms with E-state index in [0.29, 0.717) is 5.92 Å². The summed E-state index contributed by atoms with van der Waals surface area (Å²) in [7, 11) is 0. The summed E-state index contributed by atoms with van der Waals surface area (Å²) in [6.45, 7) is 4.80. The van der Waals surface area contributed by atoms with Crippen LogP contribution >= 0.6 is 0 Å². The summed E-state index contributed by atoms with van der Waals surface area (Å²) >= 11 is 0. The second-order valence-electron chi connectivity index (χ2n) is 21.4. The zero-order chi connectivity index (χ0) is 50.5. The SMILES string of the molecule is CC1(C)c2ccccc2-n2c3ccc(-c4ccc(N(C5=CC=C6C=CC=CC6C5)c5ccc6ccccc6c5)cc4)cc3c3cc(-c4ccc(N(c5ccc6ccccc6c5)c5ccc6ccccc6c5)cc4)cc1c32. The Morgan fingerprint density at radius 1 is 0.408 bits per heavy atom. The van der Waals surface area contributed by atoms with Crippen LogP contribution in [0.15, 0.2) is 278 Å². The average molecular weight is 972 g/mol. The van der Waals surface area contributed by atoms with Crippen LogP contribution in [0.4, 0.5) is 28.4 Å². The lowest BCUT2D eigenvalue weighted by Crippen LogP contribution is -2.26. The van der Waals surface area contributed by atoms with Crippen LogP contribution in [0.3, 0.4) is 0 Å². The first-order valence-electron chi connectivity index (χ1n) is 26.7. The molecule has 1 atom stereocenters. The standard InChI is InChI=1S/C73H53N3/c1-73(2)68-21-11-12-22-71(68)76-70-40-31-58(52-23-32-60(33-24-52)74(62-36-27-48-13-3-7-17-54(48)41-62)63-37-28-49-14-4-8-18-55(49)42-63)45-66(70)67-46-59(47-69(73)72(67)76)53-25-34-61(35-26-53)75(64-38-29-50-15-5-9-19-56(50)43-64)65-39-30-51-16-6-10-20-57(51)44-65/h3-41,43-47,55H,42H2,1-2H3. The normalized spacial score (nSPS) is 15.2. The van der Waals surface area contributed by atoms with E-state index in [2.05, 4.69) is 295 Å². The van der Waals surface area contributed by atoms with Gasteiger partial charge in [0.25, 0.3) is 0 Å². The van der Waals surface area contributed by atoms with E-state index in [0.717, 1.165) is 29.2 Å². The fourth-order valence-electron chi connectivity index (χ4n) is 12.7. The van der Waals surface area contributed by atoms with Crippen LogP contribution in [0, 0.1) is 5.92 Å². The van der Waals surface area contributed by atoms with Crippen molar-refractivity contribution >= 4 is 82.6 Å². The molecule has 11 aromatic carbocycles. The highest BCUT2D eigenvalue weighted by Crippen LogP contribution is 2.50. The van der Waals surface area contributed by atoms with Crippen LogP contribution in [-0.2, 0) is 5.41 Å². The molecule has 12 aromatic rings. The van der Waals surface area contributed by atoms with Crippen molar-refractivity contribution in [2.45, 2.75) is 25.7 Å². The van der Waals surface area contributed by atoms with Gasteiger partial charge in [0, 0.05) is 56.2 Å². The van der Waals surface area contributed by atoms with E-state index in [1.807, 2.05) is 0 Å². The van der Waals surface area contributed by atoms with Crippen molar-refractivity contribution in [3.63, 3.8) is 0 Å². The third kappa shape index (κ3) is 7.18. The van der Waals surface area contributed by atoms with Gasteiger partial charge < -0.3 is 14.4 Å². The van der Waals surface area contributed by atoms with E-state index >= 15 is 0 Å². The first-order valence-corrected chi connectivity index (χ1v) is 26.7. The molecule has 2 aliphatic carbocycles. The summed E-state index contributed by atoms with van der Waals surface area (Å²) in [6.07, 6.45) is 14.5. The Kier molecular flexibility index (Phi) is 10.1. The highest BCUT2D eigenvalue weighted by atomic mass is 15.2. The summed E-state index contributed by atoms with van der Waals surface area (Å²) in [6, 6.07) is 85.8. The maximum Gasteiger partial charge on any atom is 0.0582 e. The minimum absolute atomic E-state index is 0.233. The third-order valence-electron chi connectivity index (χ3n) is 16.6. The summed E-state index contributed by atoms with van der Waals surface area (Å²) in [5, 5.41) is 9.91. The molecular weight excluding hydrogens is 919 g/mol. The molecule has 0 spiro atoms. The third-order valence-corrected chi connectivity index (χ3v) is 16.6. The lowest BCUT2D eigenvalue weighted by molar-refractivity contribution is 0.630.